The van der Waals surface area contributed by atoms with Crippen LogP contribution in [0.1, 0.15) is 38.3 Å². The number of methoxy groups -OCH3 is 1. The average Bonchev–Trinajstić information content (AvgIpc) is 3.16. The van der Waals surface area contributed by atoms with Crippen LogP contribution < -0.4 is 19.7 Å². The second kappa shape index (κ2) is 9.93. The zero-order valence-electron chi connectivity index (χ0n) is 19.6. The van der Waals surface area contributed by atoms with Crippen molar-refractivity contribution in [3.05, 3.63) is 47.5 Å². The highest BCUT2D eigenvalue weighted by atomic mass is 32.2. The number of hydrogen-bond acceptors (Lipinski definition) is 5. The van der Waals surface area contributed by atoms with E-state index in [0.29, 0.717) is 30.8 Å². The number of ether oxygens (including phenoxy) is 1. The zero-order valence-corrected chi connectivity index (χ0v) is 20.5. The van der Waals surface area contributed by atoms with Gasteiger partial charge in [0.1, 0.15) is 11.8 Å². The number of aryl methyl sites for hydroxylation is 1. The molecular weight excluding hydrogens is 442 g/mol. The summed E-state index contributed by atoms with van der Waals surface area (Å²) in [5.41, 5.74) is 2.94. The van der Waals surface area contributed by atoms with E-state index in [1.165, 1.54) is 20.1 Å². The van der Waals surface area contributed by atoms with Gasteiger partial charge in [-0.1, -0.05) is 19.9 Å². The van der Waals surface area contributed by atoms with Crippen LogP contribution in [0.15, 0.2) is 41.3 Å². The summed E-state index contributed by atoms with van der Waals surface area (Å²) in [5, 5.41) is 2.81. The van der Waals surface area contributed by atoms with Crippen LogP contribution in [-0.2, 0) is 26.0 Å². The molecule has 1 heterocycles. The molecule has 2 aromatic rings. The molecule has 3 rings (SSSR count). The molecule has 8 nitrogen and oxygen atoms in total. The quantitative estimate of drug-likeness (QED) is 0.612. The Hall–Kier alpha value is -2.91. The van der Waals surface area contributed by atoms with Gasteiger partial charge in [0.05, 0.1) is 17.7 Å². The number of carbonyl (C=O) groups is 2. The molecule has 0 bridgehead atoms. The maximum absolute atomic E-state index is 13.2. The van der Waals surface area contributed by atoms with E-state index in [2.05, 4.69) is 10.0 Å². The van der Waals surface area contributed by atoms with Crippen LogP contribution in [0.3, 0.4) is 0 Å². The third kappa shape index (κ3) is 5.72. The summed E-state index contributed by atoms with van der Waals surface area (Å²) in [7, 11) is -2.46. The number of nitrogens with one attached hydrogen (secondary N) is 2. The van der Waals surface area contributed by atoms with E-state index >= 15 is 0 Å². The van der Waals surface area contributed by atoms with Crippen molar-refractivity contribution in [2.24, 2.45) is 5.92 Å². The molecule has 0 radical (unpaired) electrons. The third-order valence-corrected chi connectivity index (χ3v) is 7.04. The number of carbonyl (C=O) groups excluding carboxylic acids is 2. The third-order valence-electron chi connectivity index (χ3n) is 5.57. The van der Waals surface area contributed by atoms with Crippen LogP contribution in [-0.4, -0.2) is 39.9 Å². The van der Waals surface area contributed by atoms with Crippen molar-refractivity contribution >= 4 is 33.2 Å². The zero-order chi connectivity index (χ0) is 24.3. The van der Waals surface area contributed by atoms with Crippen LogP contribution >= 0.6 is 0 Å². The number of benzene rings is 2. The summed E-state index contributed by atoms with van der Waals surface area (Å²) >= 11 is 0. The summed E-state index contributed by atoms with van der Waals surface area (Å²) < 4.78 is 34.3. The largest absolute Gasteiger partial charge is 0.495 e. The molecule has 0 saturated heterocycles. The average molecular weight is 474 g/mol. The number of amides is 2. The second-order valence-electron chi connectivity index (χ2n) is 8.71. The fourth-order valence-electron chi connectivity index (χ4n) is 3.95. The van der Waals surface area contributed by atoms with E-state index in [9.17, 15) is 18.0 Å². The first-order valence-electron chi connectivity index (χ1n) is 10.9. The van der Waals surface area contributed by atoms with Gasteiger partial charge in [-0.3, -0.25) is 9.59 Å². The molecule has 2 amide bonds. The van der Waals surface area contributed by atoms with Gasteiger partial charge in [-0.05, 0) is 67.1 Å². The minimum atomic E-state index is -3.97. The van der Waals surface area contributed by atoms with Gasteiger partial charge in [0.25, 0.3) is 0 Å². The molecule has 0 aromatic heterocycles. The molecule has 2 aromatic carbocycles. The van der Waals surface area contributed by atoms with E-state index in [0.717, 1.165) is 16.8 Å². The van der Waals surface area contributed by atoms with Gasteiger partial charge >= 0.3 is 0 Å². The lowest BCUT2D eigenvalue weighted by Gasteiger charge is -2.21. The Kier molecular flexibility index (Phi) is 7.44. The number of hydrogen-bond donors (Lipinski definition) is 2. The lowest BCUT2D eigenvalue weighted by atomic mass is 10.0. The maximum atomic E-state index is 13.2. The highest BCUT2D eigenvalue weighted by molar-refractivity contribution is 7.89. The first-order valence-corrected chi connectivity index (χ1v) is 12.4. The number of anilines is 2. The predicted octanol–water partition coefficient (Wildman–Crippen LogP) is 3.24. The summed E-state index contributed by atoms with van der Waals surface area (Å²) in [6, 6.07) is 9.12. The molecule has 1 aliphatic rings. The summed E-state index contributed by atoms with van der Waals surface area (Å²) in [6.07, 6.45) is 0.906. The normalized spacial score (nSPS) is 14.2. The molecule has 2 N–H and O–H groups in total. The number of fused-ring (bicyclic) bond motifs is 1. The van der Waals surface area contributed by atoms with Gasteiger partial charge in [-0.2, -0.15) is 4.72 Å². The molecule has 0 fully saturated rings. The van der Waals surface area contributed by atoms with Crippen molar-refractivity contribution < 1.29 is 22.7 Å². The second-order valence-corrected chi connectivity index (χ2v) is 10.4. The fraction of sp³-hybridized carbons (Fsp3) is 0.417. The van der Waals surface area contributed by atoms with Crippen LogP contribution in [0.5, 0.6) is 5.75 Å². The van der Waals surface area contributed by atoms with Gasteiger partial charge in [0.2, 0.25) is 21.8 Å². The van der Waals surface area contributed by atoms with Gasteiger partial charge in [0, 0.05) is 19.2 Å². The number of nitrogens with zero attached hydrogens (tertiary/aromatic N) is 1. The monoisotopic (exact) mass is 473 g/mol. The van der Waals surface area contributed by atoms with Crippen LogP contribution in [0, 0.1) is 12.8 Å². The van der Waals surface area contributed by atoms with E-state index in [1.807, 2.05) is 26.8 Å². The molecule has 0 spiro atoms. The molecule has 1 atom stereocenters. The minimum Gasteiger partial charge on any atom is -0.495 e. The summed E-state index contributed by atoms with van der Waals surface area (Å²) in [5.74, 6) is 0.0311. The van der Waals surface area contributed by atoms with Crippen molar-refractivity contribution in [1.29, 1.82) is 0 Å². The molecule has 1 aliphatic heterocycles. The van der Waals surface area contributed by atoms with Crippen molar-refractivity contribution in [3.63, 3.8) is 0 Å². The van der Waals surface area contributed by atoms with Crippen molar-refractivity contribution in [1.82, 2.24) is 4.72 Å². The Morgan fingerprint density at radius 2 is 1.88 bits per heavy atom. The van der Waals surface area contributed by atoms with Gasteiger partial charge in [-0.15, -0.1) is 0 Å². The standard InChI is InChI=1S/C24H31N3O5S/c1-15(2)12-21(24(29)25-20-13-16(3)6-9-23(20)32-5)26-33(30,31)19-7-8-22-18(14-19)10-11-27(22)17(4)28/h6-9,13-15,21,26H,10-12H2,1-5H3,(H,25,29)/t21-/m1/s1. The highest BCUT2D eigenvalue weighted by Crippen LogP contribution is 2.30. The van der Waals surface area contributed by atoms with Crippen LogP contribution in [0.2, 0.25) is 0 Å². The van der Waals surface area contributed by atoms with Crippen LogP contribution in [0.4, 0.5) is 11.4 Å². The molecule has 9 heteroatoms. The van der Waals surface area contributed by atoms with E-state index in [-0.39, 0.29) is 16.7 Å². The van der Waals surface area contributed by atoms with E-state index in [4.69, 9.17) is 4.74 Å². The van der Waals surface area contributed by atoms with Crippen LogP contribution in [0.25, 0.3) is 0 Å². The van der Waals surface area contributed by atoms with Gasteiger partial charge in [0.15, 0.2) is 0 Å². The first-order chi connectivity index (χ1) is 15.5. The smallest absolute Gasteiger partial charge is 0.242 e. The Bertz CT molecular complexity index is 1160. The lowest BCUT2D eigenvalue weighted by molar-refractivity contribution is -0.118. The molecule has 0 aliphatic carbocycles. The van der Waals surface area contributed by atoms with E-state index in [1.54, 1.807) is 29.2 Å². The Morgan fingerprint density at radius 1 is 1.15 bits per heavy atom. The van der Waals surface area contributed by atoms with Crippen molar-refractivity contribution in [3.8, 4) is 5.75 Å². The minimum absolute atomic E-state index is 0.0707. The Morgan fingerprint density at radius 3 is 2.52 bits per heavy atom. The lowest BCUT2D eigenvalue weighted by Crippen LogP contribution is -2.44. The summed E-state index contributed by atoms with van der Waals surface area (Å²) in [6.45, 7) is 7.75. The van der Waals surface area contributed by atoms with Gasteiger partial charge in [-0.25, -0.2) is 8.42 Å². The molecule has 178 valence electrons. The molecule has 0 unspecified atom stereocenters. The number of sulfonamides is 1. The summed E-state index contributed by atoms with van der Waals surface area (Å²) in [4.78, 5) is 26.6. The topological polar surface area (TPSA) is 105 Å². The maximum Gasteiger partial charge on any atom is 0.242 e. The highest BCUT2D eigenvalue weighted by Gasteiger charge is 2.29. The van der Waals surface area contributed by atoms with E-state index < -0.39 is 22.0 Å². The molecule has 33 heavy (non-hydrogen) atoms. The predicted molar refractivity (Wildman–Crippen MR) is 128 cm³/mol. The molecular formula is C24H31N3O5S. The van der Waals surface area contributed by atoms with Crippen molar-refractivity contribution in [2.75, 3.05) is 23.9 Å². The van der Waals surface area contributed by atoms with Gasteiger partial charge < -0.3 is 15.0 Å². The SMILES string of the molecule is COc1ccc(C)cc1NC(=O)[C@@H](CC(C)C)NS(=O)(=O)c1ccc2c(c1)CCN2C(C)=O. The van der Waals surface area contributed by atoms with Crippen molar-refractivity contribution in [2.45, 2.75) is 51.5 Å². The molecule has 0 saturated carbocycles. The Labute approximate surface area is 195 Å². The number of rotatable bonds is 8. The first kappa shape index (κ1) is 24.7. The fourth-order valence-corrected chi connectivity index (χ4v) is 5.21. The Balaban J connectivity index is 1.85.